The molecule has 0 aromatic rings. The van der Waals surface area contributed by atoms with Crippen molar-refractivity contribution in [2.45, 2.75) is 79.1 Å². The number of unbranched alkanes of at least 4 members (excludes halogenated alkanes) is 4. The third-order valence-corrected chi connectivity index (χ3v) is 9.16. The van der Waals surface area contributed by atoms with Gasteiger partial charge in [-0.2, -0.15) is 0 Å². The van der Waals surface area contributed by atoms with Gasteiger partial charge in [-0.15, -0.1) is 0 Å². The molecule has 0 aromatic carbocycles. The van der Waals surface area contributed by atoms with E-state index in [1.54, 1.807) is 9.34 Å². The molecule has 180 valence electrons. The van der Waals surface area contributed by atoms with Crippen LogP contribution in [0.5, 0.6) is 0 Å². The molecule has 0 atom stereocenters. The highest BCUT2D eigenvalue weighted by atomic mass is 31.2. The maximum atomic E-state index is 13.4. The summed E-state index contributed by atoms with van der Waals surface area (Å²) in [6, 6.07) is 0. The Morgan fingerprint density at radius 2 is 0.767 bits per heavy atom. The molecule has 0 saturated carbocycles. The predicted octanol–water partition coefficient (Wildman–Crippen LogP) is 6.09. The van der Waals surface area contributed by atoms with Crippen LogP contribution < -0.4 is 0 Å². The lowest BCUT2D eigenvalue weighted by molar-refractivity contribution is 0.111. The Labute approximate surface area is 184 Å². The number of piperazine rings is 1. The van der Waals surface area contributed by atoms with E-state index in [9.17, 15) is 9.13 Å². The quantitative estimate of drug-likeness (QED) is 0.176. The van der Waals surface area contributed by atoms with Crippen molar-refractivity contribution in [1.82, 2.24) is 9.34 Å². The zero-order chi connectivity index (χ0) is 22.3. The number of rotatable bonds is 18. The number of hydrogen-bond acceptors (Lipinski definition) is 6. The molecule has 0 unspecified atom stereocenters. The van der Waals surface area contributed by atoms with Gasteiger partial charge in [-0.25, -0.2) is 18.5 Å². The van der Waals surface area contributed by atoms with Gasteiger partial charge >= 0.3 is 15.5 Å². The lowest BCUT2D eigenvalue weighted by Gasteiger charge is -2.39. The summed E-state index contributed by atoms with van der Waals surface area (Å²) in [5.41, 5.74) is 0. The molecule has 1 aliphatic rings. The molecular weight excluding hydrogens is 426 g/mol. The Morgan fingerprint density at radius 1 is 0.533 bits per heavy atom. The van der Waals surface area contributed by atoms with Crippen LogP contribution in [-0.2, 0) is 27.2 Å². The average molecular weight is 471 g/mol. The maximum Gasteiger partial charge on any atom is 0.408 e. The van der Waals surface area contributed by atoms with Crippen LogP contribution in [0.2, 0.25) is 0 Å². The molecule has 10 heteroatoms. The lowest BCUT2D eigenvalue weighted by atomic mass is 10.4. The predicted molar refractivity (Wildman–Crippen MR) is 122 cm³/mol. The van der Waals surface area contributed by atoms with Gasteiger partial charge in [0.05, 0.1) is 26.4 Å². The Bertz CT molecular complexity index is 455. The summed E-state index contributed by atoms with van der Waals surface area (Å²) in [6.07, 6.45) is 7.23. The Kier molecular flexibility index (Phi) is 15.0. The molecule has 1 saturated heterocycles. The van der Waals surface area contributed by atoms with E-state index in [1.807, 2.05) is 0 Å². The van der Waals surface area contributed by atoms with E-state index >= 15 is 0 Å². The molecule has 1 rings (SSSR count). The van der Waals surface area contributed by atoms with Gasteiger partial charge in [0.2, 0.25) is 0 Å². The lowest BCUT2D eigenvalue weighted by Crippen LogP contribution is -2.44. The Hall–Kier alpha value is 0.220. The molecule has 0 aliphatic carbocycles. The third kappa shape index (κ3) is 9.79. The standard InChI is InChI=1S/C20H44N2O6P2/c1-5-9-17-25-29(23,26-18-10-6-2)21-13-15-22(16-14-21)30(24,27-19-11-7-3)28-20-12-8-4/h5-20H2,1-4H3. The van der Waals surface area contributed by atoms with Gasteiger partial charge in [0, 0.05) is 26.2 Å². The van der Waals surface area contributed by atoms with Crippen molar-refractivity contribution in [3.05, 3.63) is 0 Å². The topological polar surface area (TPSA) is 77.5 Å². The third-order valence-electron chi connectivity index (χ3n) is 4.93. The molecule has 1 fully saturated rings. The van der Waals surface area contributed by atoms with E-state index in [4.69, 9.17) is 18.1 Å². The van der Waals surface area contributed by atoms with Crippen LogP contribution in [0.3, 0.4) is 0 Å². The summed E-state index contributed by atoms with van der Waals surface area (Å²) in [5.74, 6) is 0. The summed E-state index contributed by atoms with van der Waals surface area (Å²) >= 11 is 0. The van der Waals surface area contributed by atoms with Crippen molar-refractivity contribution in [3.8, 4) is 0 Å². The molecule has 0 spiro atoms. The molecule has 0 N–H and O–H groups in total. The maximum absolute atomic E-state index is 13.4. The monoisotopic (exact) mass is 470 g/mol. The second kappa shape index (κ2) is 15.9. The summed E-state index contributed by atoms with van der Waals surface area (Å²) < 4.78 is 53.4. The molecule has 0 amide bonds. The number of nitrogens with zero attached hydrogens (tertiary/aromatic N) is 2. The van der Waals surface area contributed by atoms with Gasteiger partial charge < -0.3 is 0 Å². The highest BCUT2D eigenvalue weighted by molar-refractivity contribution is 7.51. The largest absolute Gasteiger partial charge is 0.408 e. The fourth-order valence-electron chi connectivity index (χ4n) is 2.87. The van der Waals surface area contributed by atoms with E-state index in [0.29, 0.717) is 52.6 Å². The molecule has 1 aliphatic heterocycles. The highest BCUT2D eigenvalue weighted by Gasteiger charge is 2.41. The van der Waals surface area contributed by atoms with Crippen molar-refractivity contribution in [3.63, 3.8) is 0 Å². The van der Waals surface area contributed by atoms with Gasteiger partial charge in [-0.1, -0.05) is 53.4 Å². The first-order valence-electron chi connectivity index (χ1n) is 11.7. The summed E-state index contributed by atoms with van der Waals surface area (Å²) in [5, 5.41) is 0. The van der Waals surface area contributed by atoms with Crippen LogP contribution in [0.4, 0.5) is 0 Å². The van der Waals surface area contributed by atoms with E-state index < -0.39 is 15.5 Å². The van der Waals surface area contributed by atoms with Crippen molar-refractivity contribution < 1.29 is 27.2 Å². The Morgan fingerprint density at radius 3 is 0.967 bits per heavy atom. The molecular formula is C20H44N2O6P2. The molecule has 1 heterocycles. The van der Waals surface area contributed by atoms with Gasteiger partial charge in [-0.3, -0.25) is 18.1 Å². The smallest absolute Gasteiger partial charge is 0.297 e. The average Bonchev–Trinajstić information content (AvgIpc) is 2.75. The summed E-state index contributed by atoms with van der Waals surface area (Å²) in [4.78, 5) is 0. The van der Waals surface area contributed by atoms with E-state index in [0.717, 1.165) is 51.4 Å². The van der Waals surface area contributed by atoms with E-state index in [-0.39, 0.29) is 0 Å². The molecule has 0 bridgehead atoms. The number of hydrogen-bond donors (Lipinski definition) is 0. The molecule has 30 heavy (non-hydrogen) atoms. The van der Waals surface area contributed by atoms with Crippen LogP contribution >= 0.6 is 15.5 Å². The first kappa shape index (κ1) is 28.3. The van der Waals surface area contributed by atoms with Crippen molar-refractivity contribution in [2.75, 3.05) is 52.6 Å². The molecule has 8 nitrogen and oxygen atoms in total. The minimum Gasteiger partial charge on any atom is -0.297 e. The van der Waals surface area contributed by atoms with Crippen LogP contribution in [-0.4, -0.2) is 61.9 Å². The van der Waals surface area contributed by atoms with Gasteiger partial charge in [0.15, 0.2) is 0 Å². The van der Waals surface area contributed by atoms with Gasteiger partial charge in [0.1, 0.15) is 0 Å². The van der Waals surface area contributed by atoms with Crippen molar-refractivity contribution >= 4 is 15.5 Å². The van der Waals surface area contributed by atoms with Crippen LogP contribution in [0.1, 0.15) is 79.1 Å². The second-order valence-corrected chi connectivity index (χ2v) is 11.6. The summed E-state index contributed by atoms with van der Waals surface area (Å²) in [7, 11) is -6.70. The first-order chi connectivity index (χ1) is 14.5. The minimum atomic E-state index is -3.35. The first-order valence-corrected chi connectivity index (χ1v) is 14.7. The molecule has 0 radical (unpaired) electrons. The fraction of sp³-hybridized carbons (Fsp3) is 1.00. The zero-order valence-corrected chi connectivity index (χ0v) is 21.3. The summed E-state index contributed by atoms with van der Waals surface area (Å²) in [6.45, 7) is 11.7. The van der Waals surface area contributed by atoms with E-state index in [2.05, 4.69) is 27.7 Å². The zero-order valence-electron chi connectivity index (χ0n) is 19.6. The fourth-order valence-corrected chi connectivity index (χ4v) is 6.45. The van der Waals surface area contributed by atoms with Gasteiger partial charge in [-0.05, 0) is 25.7 Å². The second-order valence-electron chi connectivity index (χ2n) is 7.59. The van der Waals surface area contributed by atoms with Crippen LogP contribution in [0.15, 0.2) is 0 Å². The van der Waals surface area contributed by atoms with E-state index in [1.165, 1.54) is 0 Å². The van der Waals surface area contributed by atoms with Gasteiger partial charge in [0.25, 0.3) is 0 Å². The molecule has 0 aromatic heterocycles. The Balaban J connectivity index is 2.74. The SMILES string of the molecule is CCCCOP(=O)(OCCCC)N1CCN(P(=O)(OCCCC)OCCCC)CC1. The highest BCUT2D eigenvalue weighted by Crippen LogP contribution is 2.56. The van der Waals surface area contributed by atoms with Crippen LogP contribution in [0.25, 0.3) is 0 Å². The minimum absolute atomic E-state index is 0.416. The van der Waals surface area contributed by atoms with Crippen molar-refractivity contribution in [1.29, 1.82) is 0 Å². The van der Waals surface area contributed by atoms with Crippen molar-refractivity contribution in [2.24, 2.45) is 0 Å². The normalized spacial score (nSPS) is 16.9. The van der Waals surface area contributed by atoms with Crippen LogP contribution in [0, 0.1) is 0 Å².